The molecule has 1 atom stereocenters. The molecule has 3 rings (SSSR count). The summed E-state index contributed by atoms with van der Waals surface area (Å²) in [7, 11) is -1.63. The molecule has 1 aliphatic heterocycles. The Hall–Kier alpha value is -2.87. The third-order valence-electron chi connectivity index (χ3n) is 4.19. The molecule has 0 aliphatic carbocycles. The maximum atomic E-state index is 13.0. The molecule has 0 fully saturated rings. The van der Waals surface area contributed by atoms with E-state index >= 15 is 0 Å². The molecule has 0 saturated carbocycles. The second kappa shape index (κ2) is 7.40. The van der Waals surface area contributed by atoms with Crippen molar-refractivity contribution < 1.29 is 22.7 Å². The minimum Gasteiger partial charge on any atom is -0.477 e. The van der Waals surface area contributed by atoms with Gasteiger partial charge in [-0.2, -0.15) is 0 Å². The largest absolute Gasteiger partial charge is 0.477 e. The number of nitrogens with zero attached hydrogens (tertiary/aromatic N) is 1. The van der Waals surface area contributed by atoms with Gasteiger partial charge in [0.15, 0.2) is 15.9 Å². The average molecular weight is 388 g/mol. The Kier molecular flexibility index (Phi) is 5.18. The molecule has 2 amide bonds. The van der Waals surface area contributed by atoms with Crippen molar-refractivity contribution in [3.05, 3.63) is 59.7 Å². The van der Waals surface area contributed by atoms with Crippen molar-refractivity contribution >= 4 is 27.3 Å². The lowest BCUT2D eigenvalue weighted by molar-refractivity contribution is -0.127. The first-order chi connectivity index (χ1) is 12.8. The molecule has 0 bridgehead atoms. The first-order valence-electron chi connectivity index (χ1n) is 8.34. The summed E-state index contributed by atoms with van der Waals surface area (Å²) in [6.45, 7) is 0.0839. The van der Waals surface area contributed by atoms with Gasteiger partial charge < -0.3 is 15.0 Å². The van der Waals surface area contributed by atoms with Crippen molar-refractivity contribution in [3.63, 3.8) is 0 Å². The van der Waals surface area contributed by atoms with E-state index in [2.05, 4.69) is 5.32 Å². The number of hydrogen-bond donors (Lipinski definition) is 1. The van der Waals surface area contributed by atoms with Crippen molar-refractivity contribution in [2.45, 2.75) is 11.9 Å². The highest BCUT2D eigenvalue weighted by Crippen LogP contribution is 2.34. The first kappa shape index (κ1) is 18.9. The highest BCUT2D eigenvalue weighted by Gasteiger charge is 2.33. The normalized spacial score (nSPS) is 16.2. The molecule has 0 unspecified atom stereocenters. The van der Waals surface area contributed by atoms with E-state index < -0.39 is 15.9 Å². The van der Waals surface area contributed by atoms with Crippen molar-refractivity contribution in [3.8, 4) is 5.75 Å². The van der Waals surface area contributed by atoms with Crippen molar-refractivity contribution in [2.75, 3.05) is 24.7 Å². The van der Waals surface area contributed by atoms with Gasteiger partial charge in [-0.3, -0.25) is 9.59 Å². The van der Waals surface area contributed by atoms with Crippen LogP contribution in [0, 0.1) is 0 Å². The SMILES string of the molecule is CNC(=O)[C@H]1CN(C(=O)c2ccc(CS(C)(=O)=O)cc2)c2ccccc2O1. The highest BCUT2D eigenvalue weighted by molar-refractivity contribution is 7.89. The van der Waals surface area contributed by atoms with Crippen LogP contribution in [0.15, 0.2) is 48.5 Å². The lowest BCUT2D eigenvalue weighted by atomic mass is 10.1. The van der Waals surface area contributed by atoms with Crippen molar-refractivity contribution in [1.82, 2.24) is 5.32 Å². The third-order valence-corrected chi connectivity index (χ3v) is 5.05. The van der Waals surface area contributed by atoms with E-state index in [1.54, 1.807) is 48.5 Å². The van der Waals surface area contributed by atoms with Crippen LogP contribution in [-0.2, 0) is 20.4 Å². The minimum atomic E-state index is -3.15. The summed E-state index contributed by atoms with van der Waals surface area (Å²) in [6.07, 6.45) is 0.355. The maximum Gasteiger partial charge on any atom is 0.262 e. The molecule has 8 heteroatoms. The minimum absolute atomic E-state index is 0.0827. The Morgan fingerprint density at radius 3 is 2.44 bits per heavy atom. The van der Waals surface area contributed by atoms with Gasteiger partial charge in [-0.15, -0.1) is 0 Å². The van der Waals surface area contributed by atoms with Crippen LogP contribution in [0.2, 0.25) is 0 Å². The first-order valence-corrected chi connectivity index (χ1v) is 10.4. The van der Waals surface area contributed by atoms with Crippen LogP contribution in [0.3, 0.4) is 0 Å². The van der Waals surface area contributed by atoms with Gasteiger partial charge in [0, 0.05) is 18.9 Å². The van der Waals surface area contributed by atoms with Crippen molar-refractivity contribution in [1.29, 1.82) is 0 Å². The Balaban J connectivity index is 1.89. The molecule has 0 aromatic heterocycles. The molecule has 2 aromatic carbocycles. The Labute approximate surface area is 157 Å². The fourth-order valence-electron chi connectivity index (χ4n) is 2.93. The Morgan fingerprint density at radius 1 is 1.15 bits per heavy atom. The van der Waals surface area contributed by atoms with Gasteiger partial charge >= 0.3 is 0 Å². The summed E-state index contributed by atoms with van der Waals surface area (Å²) in [5, 5.41) is 2.54. The lowest BCUT2D eigenvalue weighted by Crippen LogP contribution is -2.50. The van der Waals surface area contributed by atoms with Gasteiger partial charge in [0.05, 0.1) is 18.0 Å². The molecule has 0 radical (unpaired) electrons. The van der Waals surface area contributed by atoms with Gasteiger partial charge in [-0.1, -0.05) is 24.3 Å². The summed E-state index contributed by atoms with van der Waals surface area (Å²) >= 11 is 0. The van der Waals surface area contributed by atoms with Crippen LogP contribution < -0.4 is 15.0 Å². The predicted octanol–water partition coefficient (Wildman–Crippen LogP) is 1.39. The number of carbonyl (C=O) groups is 2. The molecule has 1 aliphatic rings. The fourth-order valence-corrected chi connectivity index (χ4v) is 3.72. The molecule has 27 heavy (non-hydrogen) atoms. The number of anilines is 1. The topological polar surface area (TPSA) is 92.8 Å². The number of para-hydroxylation sites is 2. The second-order valence-corrected chi connectivity index (χ2v) is 8.51. The van der Waals surface area contributed by atoms with Gasteiger partial charge in [-0.25, -0.2) is 8.42 Å². The zero-order chi connectivity index (χ0) is 19.6. The summed E-state index contributed by atoms with van der Waals surface area (Å²) in [6, 6.07) is 13.5. The number of carbonyl (C=O) groups excluding carboxylic acids is 2. The smallest absolute Gasteiger partial charge is 0.262 e. The van der Waals surface area contributed by atoms with Crippen LogP contribution in [-0.4, -0.2) is 46.2 Å². The molecule has 0 saturated heterocycles. The molecule has 142 valence electrons. The predicted molar refractivity (Wildman–Crippen MR) is 102 cm³/mol. The maximum absolute atomic E-state index is 13.0. The molecule has 0 spiro atoms. The van der Waals surface area contributed by atoms with E-state index in [0.717, 1.165) is 6.26 Å². The molecule has 2 aromatic rings. The number of likely N-dealkylation sites (N-methyl/N-ethyl adjacent to an activating group) is 1. The summed E-state index contributed by atoms with van der Waals surface area (Å²) in [5.74, 6) is -0.226. The van der Waals surface area contributed by atoms with E-state index in [0.29, 0.717) is 22.6 Å². The number of ether oxygens (including phenoxy) is 1. The molecule has 1 heterocycles. The molecule has 1 N–H and O–H groups in total. The molecular weight excluding hydrogens is 368 g/mol. The summed E-state index contributed by atoms with van der Waals surface area (Å²) < 4.78 is 28.5. The third kappa shape index (κ3) is 4.28. The number of amides is 2. The number of rotatable bonds is 4. The second-order valence-electron chi connectivity index (χ2n) is 6.37. The Morgan fingerprint density at radius 2 is 1.81 bits per heavy atom. The summed E-state index contributed by atoms with van der Waals surface area (Å²) in [4.78, 5) is 26.6. The van der Waals surface area contributed by atoms with Crippen LogP contribution in [0.1, 0.15) is 15.9 Å². The Bertz CT molecular complexity index is 970. The lowest BCUT2D eigenvalue weighted by Gasteiger charge is -2.34. The molecule has 7 nitrogen and oxygen atoms in total. The van der Waals surface area contributed by atoms with Gasteiger partial charge in [-0.05, 0) is 29.8 Å². The number of hydrogen-bond acceptors (Lipinski definition) is 5. The van der Waals surface area contributed by atoms with E-state index in [1.165, 1.54) is 11.9 Å². The molecular formula is C19H20N2O5S. The van der Waals surface area contributed by atoms with Crippen LogP contribution in [0.4, 0.5) is 5.69 Å². The van der Waals surface area contributed by atoms with E-state index in [4.69, 9.17) is 4.74 Å². The van der Waals surface area contributed by atoms with Gasteiger partial charge in [0.1, 0.15) is 5.75 Å². The van der Waals surface area contributed by atoms with Crippen molar-refractivity contribution in [2.24, 2.45) is 0 Å². The number of sulfone groups is 1. The zero-order valence-corrected chi connectivity index (χ0v) is 15.8. The highest BCUT2D eigenvalue weighted by atomic mass is 32.2. The van der Waals surface area contributed by atoms with E-state index in [1.807, 2.05) is 0 Å². The van der Waals surface area contributed by atoms with Gasteiger partial charge in [0.25, 0.3) is 11.8 Å². The van der Waals surface area contributed by atoms with Crippen LogP contribution >= 0.6 is 0 Å². The number of fused-ring (bicyclic) bond motifs is 1. The zero-order valence-electron chi connectivity index (χ0n) is 15.0. The standard InChI is InChI=1S/C19H20N2O5S/c1-20-18(22)17-11-21(15-5-3-4-6-16(15)26-17)19(23)14-9-7-13(8-10-14)12-27(2,24)25/h3-10,17H,11-12H2,1-2H3,(H,20,22)/t17-/m1/s1. The summed E-state index contributed by atoms with van der Waals surface area (Å²) in [5.41, 5.74) is 1.60. The van der Waals surface area contributed by atoms with Gasteiger partial charge in [0.2, 0.25) is 0 Å². The number of nitrogens with one attached hydrogen (secondary N) is 1. The fraction of sp³-hybridized carbons (Fsp3) is 0.263. The number of benzene rings is 2. The van der Waals surface area contributed by atoms with Crippen LogP contribution in [0.5, 0.6) is 5.75 Å². The van der Waals surface area contributed by atoms with E-state index in [9.17, 15) is 18.0 Å². The quantitative estimate of drug-likeness (QED) is 0.854. The van der Waals surface area contributed by atoms with E-state index in [-0.39, 0.29) is 24.1 Å². The van der Waals surface area contributed by atoms with Crippen LogP contribution in [0.25, 0.3) is 0 Å². The average Bonchev–Trinajstić information content (AvgIpc) is 2.65. The monoisotopic (exact) mass is 388 g/mol.